The van der Waals surface area contributed by atoms with Gasteiger partial charge in [0.15, 0.2) is 5.13 Å². The maximum atomic E-state index is 12.5. The minimum absolute atomic E-state index is 0.176. The lowest BCUT2D eigenvalue weighted by atomic mass is 10.1. The Bertz CT molecular complexity index is 1110. The van der Waals surface area contributed by atoms with Gasteiger partial charge in [0, 0.05) is 16.5 Å². The maximum Gasteiger partial charge on any atom is 0.257 e. The topological polar surface area (TPSA) is 51.2 Å². The molecule has 0 aliphatic heterocycles. The Labute approximate surface area is 173 Å². The lowest BCUT2D eigenvalue weighted by Gasteiger charge is -2.08. The number of thiazole rings is 1. The van der Waals surface area contributed by atoms with Crippen molar-refractivity contribution in [3.05, 3.63) is 101 Å². The molecule has 0 aliphatic rings. The summed E-state index contributed by atoms with van der Waals surface area (Å²) in [7, 11) is 0. The highest BCUT2D eigenvalue weighted by atomic mass is 32.1. The average Bonchev–Trinajstić information content (AvgIpc) is 3.22. The summed E-state index contributed by atoms with van der Waals surface area (Å²) in [4.78, 5) is 17.0. The smallest absolute Gasteiger partial charge is 0.257 e. The van der Waals surface area contributed by atoms with E-state index in [1.807, 2.05) is 79.0 Å². The molecule has 0 spiro atoms. The van der Waals surface area contributed by atoms with E-state index in [4.69, 9.17) is 4.74 Å². The molecule has 1 aromatic heterocycles. The van der Waals surface area contributed by atoms with Gasteiger partial charge in [0.1, 0.15) is 12.4 Å². The van der Waals surface area contributed by atoms with Gasteiger partial charge < -0.3 is 4.74 Å². The van der Waals surface area contributed by atoms with Gasteiger partial charge in [-0.3, -0.25) is 10.1 Å². The van der Waals surface area contributed by atoms with Gasteiger partial charge in [-0.25, -0.2) is 4.98 Å². The van der Waals surface area contributed by atoms with E-state index in [1.54, 1.807) is 12.1 Å². The van der Waals surface area contributed by atoms with Crippen LogP contribution in [0.4, 0.5) is 5.13 Å². The van der Waals surface area contributed by atoms with E-state index in [2.05, 4.69) is 10.3 Å². The first-order valence-corrected chi connectivity index (χ1v) is 10.2. The van der Waals surface area contributed by atoms with Crippen molar-refractivity contribution in [1.82, 2.24) is 4.98 Å². The maximum absolute atomic E-state index is 12.5. The number of aryl methyl sites for hydroxylation is 1. The summed E-state index contributed by atoms with van der Waals surface area (Å²) >= 11 is 1.41. The number of hydrogen-bond donors (Lipinski definition) is 1. The number of carbonyl (C=O) groups excluding carboxylic acids is 1. The molecule has 0 fully saturated rings. The van der Waals surface area contributed by atoms with Gasteiger partial charge in [-0.15, -0.1) is 11.3 Å². The first-order chi connectivity index (χ1) is 14.2. The van der Waals surface area contributed by atoms with Gasteiger partial charge in [0.2, 0.25) is 0 Å². The summed E-state index contributed by atoms with van der Waals surface area (Å²) in [5, 5.41) is 5.39. The molecule has 29 heavy (non-hydrogen) atoms. The van der Waals surface area contributed by atoms with Crippen LogP contribution in [0.5, 0.6) is 5.75 Å². The molecule has 0 aliphatic carbocycles. The third-order valence-corrected chi connectivity index (χ3v) is 5.16. The van der Waals surface area contributed by atoms with Crippen LogP contribution in [0.15, 0.2) is 84.2 Å². The van der Waals surface area contributed by atoms with Gasteiger partial charge >= 0.3 is 0 Å². The van der Waals surface area contributed by atoms with Crippen molar-refractivity contribution in [3.8, 4) is 17.0 Å². The van der Waals surface area contributed by atoms with Gasteiger partial charge in [-0.05, 0) is 42.3 Å². The van der Waals surface area contributed by atoms with Crippen molar-refractivity contribution < 1.29 is 9.53 Å². The zero-order valence-corrected chi connectivity index (χ0v) is 16.8. The van der Waals surface area contributed by atoms with Crippen molar-refractivity contribution >= 4 is 22.4 Å². The van der Waals surface area contributed by atoms with Gasteiger partial charge in [-0.2, -0.15) is 0 Å². The fourth-order valence-electron chi connectivity index (χ4n) is 2.87. The average molecular weight is 401 g/mol. The summed E-state index contributed by atoms with van der Waals surface area (Å²) < 4.78 is 5.80. The van der Waals surface area contributed by atoms with Crippen LogP contribution in [0.1, 0.15) is 21.5 Å². The van der Waals surface area contributed by atoms with E-state index in [0.717, 1.165) is 28.1 Å². The number of carbonyl (C=O) groups is 1. The molecule has 0 atom stereocenters. The summed E-state index contributed by atoms with van der Waals surface area (Å²) in [5.41, 5.74) is 4.63. The predicted molar refractivity (Wildman–Crippen MR) is 117 cm³/mol. The van der Waals surface area contributed by atoms with E-state index in [1.165, 1.54) is 11.3 Å². The first-order valence-electron chi connectivity index (χ1n) is 9.28. The van der Waals surface area contributed by atoms with Gasteiger partial charge in [0.05, 0.1) is 5.69 Å². The van der Waals surface area contributed by atoms with Crippen molar-refractivity contribution in [2.75, 3.05) is 5.32 Å². The van der Waals surface area contributed by atoms with E-state index >= 15 is 0 Å². The number of nitrogens with zero attached hydrogens (tertiary/aromatic N) is 1. The molecule has 4 nitrogen and oxygen atoms in total. The highest BCUT2D eigenvalue weighted by molar-refractivity contribution is 7.14. The standard InChI is InChI=1S/C24H20N2O2S/c1-17-6-5-9-21(14-17)28-15-18-10-12-20(13-11-18)23(27)26-24-25-22(16-29-24)19-7-3-2-4-8-19/h2-14,16H,15H2,1H3,(H,25,26,27). The third kappa shape index (κ3) is 4.89. The van der Waals surface area contributed by atoms with Crippen molar-refractivity contribution in [2.24, 2.45) is 0 Å². The number of hydrogen-bond acceptors (Lipinski definition) is 4. The van der Waals surface area contributed by atoms with Crippen LogP contribution in [0.2, 0.25) is 0 Å². The molecular formula is C24H20N2O2S. The molecule has 0 saturated carbocycles. The largest absolute Gasteiger partial charge is 0.489 e. The van der Waals surface area contributed by atoms with Crippen LogP contribution in [-0.2, 0) is 6.61 Å². The number of anilines is 1. The van der Waals surface area contributed by atoms with Crippen LogP contribution in [0.25, 0.3) is 11.3 Å². The molecule has 5 heteroatoms. The molecule has 3 aromatic carbocycles. The van der Waals surface area contributed by atoms with Crippen LogP contribution in [-0.4, -0.2) is 10.9 Å². The number of nitrogens with one attached hydrogen (secondary N) is 1. The Morgan fingerprint density at radius 2 is 1.79 bits per heavy atom. The Balaban J connectivity index is 1.36. The number of benzene rings is 3. The Kier molecular flexibility index (Phi) is 5.68. The normalized spacial score (nSPS) is 10.5. The van der Waals surface area contributed by atoms with Gasteiger partial charge in [0.25, 0.3) is 5.91 Å². The molecule has 0 unspecified atom stereocenters. The highest BCUT2D eigenvalue weighted by Gasteiger charge is 2.10. The molecule has 144 valence electrons. The van der Waals surface area contributed by atoms with E-state index in [-0.39, 0.29) is 5.91 Å². The second kappa shape index (κ2) is 8.71. The first kappa shape index (κ1) is 18.9. The van der Waals surface area contributed by atoms with E-state index in [9.17, 15) is 4.79 Å². The van der Waals surface area contributed by atoms with Crippen LogP contribution < -0.4 is 10.1 Å². The molecule has 1 heterocycles. The number of ether oxygens (including phenoxy) is 1. The summed E-state index contributed by atoms with van der Waals surface area (Å²) in [6.07, 6.45) is 0. The van der Waals surface area contributed by atoms with Crippen LogP contribution in [0, 0.1) is 6.92 Å². The van der Waals surface area contributed by atoms with Crippen LogP contribution in [0.3, 0.4) is 0 Å². The molecule has 1 N–H and O–H groups in total. The molecule has 1 amide bonds. The van der Waals surface area contributed by atoms with E-state index < -0.39 is 0 Å². The minimum atomic E-state index is -0.176. The Morgan fingerprint density at radius 3 is 2.55 bits per heavy atom. The molecule has 4 aromatic rings. The number of aromatic nitrogens is 1. The van der Waals surface area contributed by atoms with Crippen molar-refractivity contribution in [3.63, 3.8) is 0 Å². The highest BCUT2D eigenvalue weighted by Crippen LogP contribution is 2.25. The van der Waals surface area contributed by atoms with Gasteiger partial charge in [-0.1, -0.05) is 54.6 Å². The SMILES string of the molecule is Cc1cccc(OCc2ccc(C(=O)Nc3nc(-c4ccccc4)cs3)cc2)c1. The molecule has 0 bridgehead atoms. The summed E-state index contributed by atoms with van der Waals surface area (Å²) in [6.45, 7) is 2.49. The lowest BCUT2D eigenvalue weighted by molar-refractivity contribution is 0.102. The Hall–Kier alpha value is -3.44. The second-order valence-electron chi connectivity index (χ2n) is 6.66. The predicted octanol–water partition coefficient (Wildman–Crippen LogP) is 5.95. The number of rotatable bonds is 6. The molecule has 0 radical (unpaired) electrons. The fraction of sp³-hybridized carbons (Fsp3) is 0.0833. The van der Waals surface area contributed by atoms with E-state index in [0.29, 0.717) is 17.3 Å². The summed E-state index contributed by atoms with van der Waals surface area (Å²) in [6, 6.07) is 25.3. The monoisotopic (exact) mass is 400 g/mol. The quantitative estimate of drug-likeness (QED) is 0.435. The molecule has 4 rings (SSSR count). The van der Waals surface area contributed by atoms with Crippen LogP contribution >= 0.6 is 11.3 Å². The number of amides is 1. The summed E-state index contributed by atoms with van der Waals surface area (Å²) in [5.74, 6) is 0.662. The zero-order valence-electron chi connectivity index (χ0n) is 16.0. The lowest BCUT2D eigenvalue weighted by Crippen LogP contribution is -2.11. The molecule has 0 saturated heterocycles. The minimum Gasteiger partial charge on any atom is -0.489 e. The zero-order chi connectivity index (χ0) is 20.1. The fourth-order valence-corrected chi connectivity index (χ4v) is 3.58. The van der Waals surface area contributed by atoms with Crippen molar-refractivity contribution in [2.45, 2.75) is 13.5 Å². The Morgan fingerprint density at radius 1 is 1.00 bits per heavy atom. The van der Waals surface area contributed by atoms with Crippen molar-refractivity contribution in [1.29, 1.82) is 0 Å². The molecular weight excluding hydrogens is 380 g/mol. The third-order valence-electron chi connectivity index (χ3n) is 4.41. The second-order valence-corrected chi connectivity index (χ2v) is 7.52.